The average Bonchev–Trinajstić information content (AvgIpc) is 2.64. The highest BCUT2D eigenvalue weighted by Gasteiger charge is 2.50. The molecule has 0 radical (unpaired) electrons. The van der Waals surface area contributed by atoms with E-state index in [2.05, 4.69) is 0 Å². The average molecular weight is 355 g/mol. The molecule has 0 saturated heterocycles. The van der Waals surface area contributed by atoms with Gasteiger partial charge in [0, 0.05) is 25.2 Å². The molecule has 1 aromatic carbocycles. The molecule has 5 rings (SSSR count). The number of hydrogen-bond acceptors (Lipinski definition) is 3. The Bertz CT molecular complexity index is 661. The van der Waals surface area contributed by atoms with Gasteiger partial charge in [-0.25, -0.2) is 0 Å². The first-order valence-electron chi connectivity index (χ1n) is 9.75. The summed E-state index contributed by atoms with van der Waals surface area (Å²) < 4.78 is 10.6. The van der Waals surface area contributed by atoms with Gasteiger partial charge >= 0.3 is 0 Å². The molecule has 4 aliphatic carbocycles. The van der Waals surface area contributed by atoms with Gasteiger partial charge in [0.2, 0.25) is 5.91 Å². The molecule has 4 fully saturated rings. The smallest absolute Gasteiger partial charge is 0.246 e. The second-order valence-electron chi connectivity index (χ2n) is 8.35. The number of methoxy groups -OCH3 is 2. The number of benzene rings is 1. The van der Waals surface area contributed by atoms with Gasteiger partial charge in [-0.3, -0.25) is 4.79 Å². The minimum atomic E-state index is 0.101. The van der Waals surface area contributed by atoms with Gasteiger partial charge < -0.3 is 14.4 Å². The summed E-state index contributed by atoms with van der Waals surface area (Å²) in [4.78, 5) is 14.8. The standard InChI is InChI=1S/C22H29NO3/c1-23(22-17-7-15-6-16(9-17)10-18(22)8-15)21(24)5-4-14-11-19(25-2)13-20(12-14)26-3/h4-5,11-13,15-18,22H,6-10H2,1-3H3/b5-4+. The molecule has 4 nitrogen and oxygen atoms in total. The van der Waals surface area contributed by atoms with Gasteiger partial charge in [-0.05, 0) is 79.5 Å². The molecule has 1 amide bonds. The molecular formula is C22H29NO3. The van der Waals surface area contributed by atoms with Crippen LogP contribution in [0.5, 0.6) is 11.5 Å². The lowest BCUT2D eigenvalue weighted by atomic mass is 9.54. The first-order chi connectivity index (χ1) is 12.6. The van der Waals surface area contributed by atoms with Crippen LogP contribution in [0.4, 0.5) is 0 Å². The molecule has 0 atom stereocenters. The molecule has 4 aliphatic rings. The van der Waals surface area contributed by atoms with Crippen molar-refractivity contribution in [1.82, 2.24) is 4.90 Å². The zero-order valence-electron chi connectivity index (χ0n) is 16.0. The number of amides is 1. The van der Waals surface area contributed by atoms with Crippen LogP contribution in [-0.2, 0) is 4.79 Å². The minimum Gasteiger partial charge on any atom is -0.497 e. The Morgan fingerprint density at radius 1 is 0.962 bits per heavy atom. The van der Waals surface area contributed by atoms with Crippen LogP contribution in [0.1, 0.15) is 37.7 Å². The number of ether oxygens (including phenoxy) is 2. The second kappa shape index (κ2) is 6.98. The quantitative estimate of drug-likeness (QED) is 0.750. The van der Waals surface area contributed by atoms with Gasteiger partial charge in [0.1, 0.15) is 11.5 Å². The fourth-order valence-corrected chi connectivity index (χ4v) is 5.89. The molecule has 0 N–H and O–H groups in total. The Balaban J connectivity index is 1.47. The topological polar surface area (TPSA) is 38.8 Å². The van der Waals surface area contributed by atoms with E-state index in [-0.39, 0.29) is 5.91 Å². The Kier molecular flexibility index (Phi) is 4.68. The molecule has 4 saturated carbocycles. The van der Waals surface area contributed by atoms with E-state index < -0.39 is 0 Å². The predicted octanol–water partition coefficient (Wildman–Crippen LogP) is 4.00. The van der Waals surface area contributed by atoms with Crippen LogP contribution in [0, 0.1) is 23.7 Å². The van der Waals surface area contributed by atoms with E-state index in [4.69, 9.17) is 9.47 Å². The first-order valence-corrected chi connectivity index (χ1v) is 9.75. The lowest BCUT2D eigenvalue weighted by Gasteiger charge is -2.56. The van der Waals surface area contributed by atoms with Crippen molar-refractivity contribution in [2.24, 2.45) is 23.7 Å². The van der Waals surface area contributed by atoms with Gasteiger partial charge in [-0.2, -0.15) is 0 Å². The lowest BCUT2D eigenvalue weighted by molar-refractivity contribution is -0.135. The van der Waals surface area contributed by atoms with Gasteiger partial charge in [-0.15, -0.1) is 0 Å². The van der Waals surface area contributed by atoms with Gasteiger partial charge in [-0.1, -0.05) is 0 Å². The van der Waals surface area contributed by atoms with Gasteiger partial charge in [0.05, 0.1) is 14.2 Å². The van der Waals surface area contributed by atoms with Crippen molar-refractivity contribution < 1.29 is 14.3 Å². The number of likely N-dealkylation sites (N-methyl/N-ethyl adjacent to an activating group) is 1. The normalized spacial score (nSPS) is 32.0. The van der Waals surface area contributed by atoms with Crippen molar-refractivity contribution in [3.8, 4) is 11.5 Å². The lowest BCUT2D eigenvalue weighted by Crippen LogP contribution is -2.56. The van der Waals surface area contributed by atoms with E-state index in [1.807, 2.05) is 36.2 Å². The SMILES string of the molecule is COc1cc(/C=C/C(=O)N(C)C2C3CC4CC(C3)CC2C4)cc(OC)c1. The maximum absolute atomic E-state index is 12.8. The number of rotatable bonds is 5. The van der Waals surface area contributed by atoms with E-state index >= 15 is 0 Å². The molecule has 0 aliphatic heterocycles. The van der Waals surface area contributed by atoms with Gasteiger partial charge in [0.15, 0.2) is 0 Å². The highest BCUT2D eigenvalue weighted by molar-refractivity contribution is 5.92. The fraction of sp³-hybridized carbons (Fsp3) is 0.591. The number of hydrogen-bond donors (Lipinski definition) is 0. The van der Waals surface area contributed by atoms with E-state index in [1.54, 1.807) is 20.3 Å². The van der Waals surface area contributed by atoms with E-state index in [0.717, 1.165) is 28.9 Å². The Morgan fingerprint density at radius 2 is 1.50 bits per heavy atom. The molecule has 0 aromatic heterocycles. The van der Waals surface area contributed by atoms with Crippen molar-refractivity contribution in [3.05, 3.63) is 29.8 Å². The summed E-state index contributed by atoms with van der Waals surface area (Å²) >= 11 is 0. The maximum Gasteiger partial charge on any atom is 0.246 e. The summed E-state index contributed by atoms with van der Waals surface area (Å²) in [5.74, 6) is 4.84. The van der Waals surface area contributed by atoms with E-state index in [1.165, 1.54) is 32.1 Å². The molecule has 0 spiro atoms. The van der Waals surface area contributed by atoms with Crippen molar-refractivity contribution in [2.75, 3.05) is 21.3 Å². The van der Waals surface area contributed by atoms with Crippen molar-refractivity contribution >= 4 is 12.0 Å². The third kappa shape index (κ3) is 3.22. The van der Waals surface area contributed by atoms with Gasteiger partial charge in [0.25, 0.3) is 0 Å². The number of nitrogens with zero attached hydrogens (tertiary/aromatic N) is 1. The zero-order valence-corrected chi connectivity index (χ0v) is 16.0. The Labute approximate surface area is 156 Å². The summed E-state index contributed by atoms with van der Waals surface area (Å²) in [5, 5.41) is 0. The predicted molar refractivity (Wildman–Crippen MR) is 102 cm³/mol. The van der Waals surface area contributed by atoms with E-state index in [0.29, 0.717) is 17.9 Å². The van der Waals surface area contributed by atoms with Crippen molar-refractivity contribution in [1.29, 1.82) is 0 Å². The minimum absolute atomic E-state index is 0.101. The summed E-state index contributed by atoms with van der Waals surface area (Å²) in [5.41, 5.74) is 0.910. The molecule has 1 aromatic rings. The highest BCUT2D eigenvalue weighted by atomic mass is 16.5. The third-order valence-corrected chi connectivity index (χ3v) is 6.76. The van der Waals surface area contributed by atoms with Crippen LogP contribution in [-0.4, -0.2) is 38.1 Å². The molecule has 4 heteroatoms. The maximum atomic E-state index is 12.8. The highest BCUT2D eigenvalue weighted by Crippen LogP contribution is 2.54. The van der Waals surface area contributed by atoms with E-state index in [9.17, 15) is 4.79 Å². The van der Waals surface area contributed by atoms with Crippen LogP contribution in [0.15, 0.2) is 24.3 Å². The summed E-state index contributed by atoms with van der Waals surface area (Å²) in [6.07, 6.45) is 10.3. The van der Waals surface area contributed by atoms with Crippen LogP contribution >= 0.6 is 0 Å². The summed E-state index contributed by atoms with van der Waals surface area (Å²) in [7, 11) is 5.26. The Hall–Kier alpha value is -1.97. The van der Waals surface area contributed by atoms with Crippen LogP contribution < -0.4 is 9.47 Å². The molecule has 0 unspecified atom stereocenters. The Morgan fingerprint density at radius 3 is 2.00 bits per heavy atom. The van der Waals surface area contributed by atoms with Crippen LogP contribution in [0.2, 0.25) is 0 Å². The summed E-state index contributed by atoms with van der Waals surface area (Å²) in [6.45, 7) is 0. The largest absolute Gasteiger partial charge is 0.497 e. The molecule has 26 heavy (non-hydrogen) atoms. The summed E-state index contributed by atoms with van der Waals surface area (Å²) in [6, 6.07) is 6.09. The third-order valence-electron chi connectivity index (χ3n) is 6.76. The molecule has 4 bridgehead atoms. The van der Waals surface area contributed by atoms with Crippen molar-refractivity contribution in [2.45, 2.75) is 38.1 Å². The van der Waals surface area contributed by atoms with Crippen molar-refractivity contribution in [3.63, 3.8) is 0 Å². The fourth-order valence-electron chi connectivity index (χ4n) is 5.89. The molecular weight excluding hydrogens is 326 g/mol. The molecule has 140 valence electrons. The molecule has 0 heterocycles. The second-order valence-corrected chi connectivity index (χ2v) is 8.35. The van der Waals surface area contributed by atoms with Crippen LogP contribution in [0.25, 0.3) is 6.08 Å². The first kappa shape index (κ1) is 17.4. The zero-order chi connectivity index (χ0) is 18.3. The number of carbonyl (C=O) groups is 1. The number of carbonyl (C=O) groups excluding carboxylic acids is 1. The van der Waals surface area contributed by atoms with Crippen LogP contribution in [0.3, 0.4) is 0 Å². The monoisotopic (exact) mass is 355 g/mol.